The standard InChI is InChI=1S/C29H36N4O5/c1-6-38-27(35)24(22-15-11-8-12-16-22)33-19-30-25(20(33)2)32-26(34)23(31-28(36)29(3,4)5)18-37-17-21-13-9-7-10-14-21/h7-16,19,23-24H,6,17-18H2,1-5H3,(H,31,36)(H,32,34). The summed E-state index contributed by atoms with van der Waals surface area (Å²) in [4.78, 5) is 43.2. The summed E-state index contributed by atoms with van der Waals surface area (Å²) < 4.78 is 12.8. The molecule has 0 aliphatic heterocycles. The SMILES string of the molecule is CCOC(=O)C(c1ccccc1)n1cnc(NC(=O)C(COCc2ccccc2)NC(=O)C(C)(C)C)c1C. The van der Waals surface area contributed by atoms with E-state index >= 15 is 0 Å². The number of aromatic nitrogens is 2. The van der Waals surface area contributed by atoms with Gasteiger partial charge in [0.15, 0.2) is 11.9 Å². The summed E-state index contributed by atoms with van der Waals surface area (Å²) in [7, 11) is 0. The van der Waals surface area contributed by atoms with E-state index in [0.717, 1.165) is 11.1 Å². The van der Waals surface area contributed by atoms with Gasteiger partial charge in [-0.2, -0.15) is 0 Å². The van der Waals surface area contributed by atoms with E-state index in [2.05, 4.69) is 15.6 Å². The van der Waals surface area contributed by atoms with Crippen LogP contribution in [-0.2, 0) is 30.5 Å². The molecule has 0 fully saturated rings. The third-order valence-electron chi connectivity index (χ3n) is 5.89. The normalized spacial score (nSPS) is 12.9. The Bertz CT molecular complexity index is 1220. The van der Waals surface area contributed by atoms with Crippen LogP contribution >= 0.6 is 0 Å². The molecule has 1 aromatic heterocycles. The van der Waals surface area contributed by atoms with Crippen molar-refractivity contribution >= 4 is 23.6 Å². The van der Waals surface area contributed by atoms with Crippen LogP contribution in [0.2, 0.25) is 0 Å². The molecule has 3 aromatic rings. The number of amides is 2. The highest BCUT2D eigenvalue weighted by Gasteiger charge is 2.30. The van der Waals surface area contributed by atoms with Gasteiger partial charge in [-0.25, -0.2) is 9.78 Å². The Kier molecular flexibility index (Phi) is 9.78. The minimum Gasteiger partial charge on any atom is -0.464 e. The van der Waals surface area contributed by atoms with Crippen LogP contribution in [0.3, 0.4) is 0 Å². The summed E-state index contributed by atoms with van der Waals surface area (Å²) in [6, 6.07) is 17.1. The number of anilines is 1. The van der Waals surface area contributed by atoms with Gasteiger partial charge in [-0.15, -0.1) is 0 Å². The summed E-state index contributed by atoms with van der Waals surface area (Å²) in [6.07, 6.45) is 1.49. The van der Waals surface area contributed by atoms with Gasteiger partial charge in [0.05, 0.1) is 31.8 Å². The second kappa shape index (κ2) is 13.0. The third kappa shape index (κ3) is 7.52. The fraction of sp³-hybridized carbons (Fsp3) is 0.379. The number of hydrogen-bond acceptors (Lipinski definition) is 6. The number of ether oxygens (including phenoxy) is 2. The zero-order valence-electron chi connectivity index (χ0n) is 22.6. The van der Waals surface area contributed by atoms with Gasteiger partial charge in [0, 0.05) is 5.41 Å². The van der Waals surface area contributed by atoms with Crippen LogP contribution in [0.25, 0.3) is 0 Å². The topological polar surface area (TPSA) is 112 Å². The van der Waals surface area contributed by atoms with Crippen LogP contribution in [0.4, 0.5) is 5.82 Å². The van der Waals surface area contributed by atoms with E-state index in [0.29, 0.717) is 12.3 Å². The lowest BCUT2D eigenvalue weighted by Crippen LogP contribution is -2.50. The maximum atomic E-state index is 13.3. The fourth-order valence-electron chi connectivity index (χ4n) is 3.70. The highest BCUT2D eigenvalue weighted by molar-refractivity contribution is 5.97. The molecular weight excluding hydrogens is 484 g/mol. The first kappa shape index (κ1) is 28.6. The molecule has 9 nitrogen and oxygen atoms in total. The first-order valence-corrected chi connectivity index (χ1v) is 12.6. The molecule has 0 saturated heterocycles. The number of nitrogens with zero attached hydrogens (tertiary/aromatic N) is 2. The number of carbonyl (C=O) groups excluding carboxylic acids is 3. The molecule has 2 atom stereocenters. The van der Waals surface area contributed by atoms with Crippen LogP contribution in [0.5, 0.6) is 0 Å². The second-order valence-electron chi connectivity index (χ2n) is 9.92. The molecule has 0 aliphatic carbocycles. The van der Waals surface area contributed by atoms with Crippen LogP contribution in [0, 0.1) is 12.3 Å². The molecule has 0 radical (unpaired) electrons. The minimum atomic E-state index is -0.954. The summed E-state index contributed by atoms with van der Waals surface area (Å²) in [5.74, 6) is -0.911. The second-order valence-corrected chi connectivity index (χ2v) is 9.92. The molecule has 202 valence electrons. The number of nitrogens with one attached hydrogen (secondary N) is 2. The van der Waals surface area contributed by atoms with Gasteiger partial charge in [0.1, 0.15) is 6.04 Å². The highest BCUT2D eigenvalue weighted by atomic mass is 16.5. The predicted octanol–water partition coefficient (Wildman–Crippen LogP) is 4.03. The average molecular weight is 521 g/mol. The van der Waals surface area contributed by atoms with Gasteiger partial charge in [-0.3, -0.25) is 9.59 Å². The van der Waals surface area contributed by atoms with Gasteiger partial charge < -0.3 is 24.7 Å². The van der Waals surface area contributed by atoms with Crippen molar-refractivity contribution in [2.75, 3.05) is 18.5 Å². The van der Waals surface area contributed by atoms with Crippen molar-refractivity contribution in [3.8, 4) is 0 Å². The monoisotopic (exact) mass is 520 g/mol. The molecule has 9 heteroatoms. The van der Waals surface area contributed by atoms with Gasteiger partial charge in [-0.05, 0) is 25.0 Å². The minimum absolute atomic E-state index is 0.0300. The quantitative estimate of drug-likeness (QED) is 0.369. The molecule has 3 rings (SSSR count). The van der Waals surface area contributed by atoms with Crippen molar-refractivity contribution in [2.24, 2.45) is 5.41 Å². The maximum Gasteiger partial charge on any atom is 0.333 e. The predicted molar refractivity (Wildman–Crippen MR) is 144 cm³/mol. The number of carbonyl (C=O) groups is 3. The van der Waals surface area contributed by atoms with E-state index in [-0.39, 0.29) is 24.9 Å². The first-order valence-electron chi connectivity index (χ1n) is 12.6. The molecule has 2 N–H and O–H groups in total. The Morgan fingerprint density at radius 3 is 2.24 bits per heavy atom. The van der Waals surface area contributed by atoms with Crippen LogP contribution in [0.1, 0.15) is 50.6 Å². The summed E-state index contributed by atoms with van der Waals surface area (Å²) in [6.45, 7) is 9.31. The highest BCUT2D eigenvalue weighted by Crippen LogP contribution is 2.25. The average Bonchev–Trinajstić information content (AvgIpc) is 3.23. The molecule has 0 saturated carbocycles. The number of imidazole rings is 1. The van der Waals surface area contributed by atoms with Crippen LogP contribution in [0.15, 0.2) is 67.0 Å². The number of hydrogen-bond donors (Lipinski definition) is 2. The molecule has 0 bridgehead atoms. The third-order valence-corrected chi connectivity index (χ3v) is 5.89. The summed E-state index contributed by atoms with van der Waals surface area (Å²) >= 11 is 0. The van der Waals surface area contributed by atoms with Gasteiger partial charge >= 0.3 is 5.97 Å². The molecule has 2 unspecified atom stereocenters. The van der Waals surface area contributed by atoms with E-state index in [9.17, 15) is 14.4 Å². The van der Waals surface area contributed by atoms with E-state index in [1.165, 1.54) is 6.33 Å². The van der Waals surface area contributed by atoms with Crippen LogP contribution < -0.4 is 10.6 Å². The number of esters is 1. The fourth-order valence-corrected chi connectivity index (χ4v) is 3.70. The maximum absolute atomic E-state index is 13.3. The molecule has 2 aromatic carbocycles. The van der Waals surface area contributed by atoms with Crippen molar-refractivity contribution < 1.29 is 23.9 Å². The van der Waals surface area contributed by atoms with Crippen molar-refractivity contribution in [3.05, 3.63) is 83.8 Å². The van der Waals surface area contributed by atoms with Crippen molar-refractivity contribution in [3.63, 3.8) is 0 Å². The Hall–Kier alpha value is -3.98. The van der Waals surface area contributed by atoms with Crippen molar-refractivity contribution in [2.45, 2.75) is 53.3 Å². The van der Waals surface area contributed by atoms with Gasteiger partial charge in [-0.1, -0.05) is 81.4 Å². The Morgan fingerprint density at radius 2 is 1.63 bits per heavy atom. The Labute approximate surface area is 223 Å². The van der Waals surface area contributed by atoms with Crippen molar-refractivity contribution in [1.82, 2.24) is 14.9 Å². The smallest absolute Gasteiger partial charge is 0.333 e. The number of benzene rings is 2. The van der Waals surface area contributed by atoms with E-state index < -0.39 is 29.4 Å². The zero-order chi connectivity index (χ0) is 27.7. The van der Waals surface area contributed by atoms with E-state index in [1.54, 1.807) is 39.2 Å². The van der Waals surface area contributed by atoms with E-state index in [4.69, 9.17) is 9.47 Å². The lowest BCUT2D eigenvalue weighted by molar-refractivity contribution is -0.145. The molecule has 0 aliphatic rings. The molecule has 0 spiro atoms. The molecule has 1 heterocycles. The van der Waals surface area contributed by atoms with E-state index in [1.807, 2.05) is 60.7 Å². The largest absolute Gasteiger partial charge is 0.464 e. The zero-order valence-corrected chi connectivity index (χ0v) is 22.6. The molecular formula is C29H36N4O5. The summed E-state index contributed by atoms with van der Waals surface area (Å²) in [5.41, 5.74) is 1.55. The summed E-state index contributed by atoms with van der Waals surface area (Å²) in [5, 5.41) is 5.58. The number of rotatable bonds is 11. The molecule has 2 amide bonds. The lowest BCUT2D eigenvalue weighted by atomic mass is 9.95. The lowest BCUT2D eigenvalue weighted by Gasteiger charge is -2.24. The van der Waals surface area contributed by atoms with Crippen LogP contribution in [-0.4, -0.2) is 46.6 Å². The van der Waals surface area contributed by atoms with Gasteiger partial charge in [0.2, 0.25) is 5.91 Å². The van der Waals surface area contributed by atoms with Gasteiger partial charge in [0.25, 0.3) is 5.91 Å². The van der Waals surface area contributed by atoms with Crippen molar-refractivity contribution in [1.29, 1.82) is 0 Å². The first-order chi connectivity index (χ1) is 18.1. The Balaban J connectivity index is 1.80. The Morgan fingerprint density at radius 1 is 1.00 bits per heavy atom. The molecule has 38 heavy (non-hydrogen) atoms.